The molecule has 2 N–H and O–H groups in total. The van der Waals surface area contributed by atoms with Crippen LogP contribution < -0.4 is 15.2 Å². The molecule has 0 atom stereocenters. The molecule has 0 aliphatic carbocycles. The Kier molecular flexibility index (Phi) is 7.65. The smallest absolute Gasteiger partial charge is 0.273 e. The number of methoxy groups -OCH3 is 2. The number of rotatable bonds is 9. The van der Waals surface area contributed by atoms with Gasteiger partial charge in [-0.1, -0.05) is 26.0 Å². The summed E-state index contributed by atoms with van der Waals surface area (Å²) in [7, 11) is 3.24. The van der Waals surface area contributed by atoms with Gasteiger partial charge >= 0.3 is 0 Å². The second kappa shape index (κ2) is 10.6. The van der Waals surface area contributed by atoms with Gasteiger partial charge < -0.3 is 20.1 Å². The lowest BCUT2D eigenvalue weighted by Crippen LogP contribution is -2.33. The maximum absolute atomic E-state index is 13.6. The largest absolute Gasteiger partial charge is 0.497 e. The van der Waals surface area contributed by atoms with Gasteiger partial charge in [0.25, 0.3) is 5.91 Å². The number of hydrogen-bond acceptors (Lipinski definition) is 6. The highest BCUT2D eigenvalue weighted by molar-refractivity contribution is 6.02. The second-order valence-corrected chi connectivity index (χ2v) is 7.40. The minimum atomic E-state index is -0.150. The van der Waals surface area contributed by atoms with E-state index < -0.39 is 0 Å². The first-order valence-electron chi connectivity index (χ1n) is 10.8. The van der Waals surface area contributed by atoms with Gasteiger partial charge in [-0.2, -0.15) is 0 Å². The third-order valence-electron chi connectivity index (χ3n) is 5.15. The lowest BCUT2D eigenvalue weighted by atomic mass is 9.96. The minimum Gasteiger partial charge on any atom is -0.497 e. The number of carbonyl (C=O) groups is 1. The summed E-state index contributed by atoms with van der Waals surface area (Å²) in [5.74, 6) is 1.37. The molecule has 0 saturated heterocycles. The maximum Gasteiger partial charge on any atom is 0.273 e. The number of hydrogen-bond donors (Lipinski definition) is 1. The molecule has 0 radical (unpaired) electrons. The van der Waals surface area contributed by atoms with E-state index >= 15 is 0 Å². The summed E-state index contributed by atoms with van der Waals surface area (Å²) in [6, 6.07) is 15.0. The van der Waals surface area contributed by atoms with Gasteiger partial charge in [0.15, 0.2) is 0 Å². The number of nitrogens with two attached hydrogens (primary N) is 1. The molecular weight excluding hydrogens is 404 g/mol. The Morgan fingerprint density at radius 1 is 0.844 bits per heavy atom. The third-order valence-corrected chi connectivity index (χ3v) is 5.15. The second-order valence-electron chi connectivity index (χ2n) is 7.40. The quantitative estimate of drug-likeness (QED) is 0.526. The van der Waals surface area contributed by atoms with Crippen LogP contribution in [-0.4, -0.2) is 48.1 Å². The monoisotopic (exact) mass is 434 g/mol. The lowest BCUT2D eigenvalue weighted by molar-refractivity contribution is 0.0750. The van der Waals surface area contributed by atoms with E-state index in [2.05, 4.69) is 23.8 Å². The number of amides is 1. The molecule has 0 fully saturated rings. The normalized spacial score (nSPS) is 10.6. The molecule has 7 nitrogen and oxygen atoms in total. The van der Waals surface area contributed by atoms with Gasteiger partial charge in [0, 0.05) is 24.2 Å². The van der Waals surface area contributed by atoms with E-state index in [0.29, 0.717) is 30.0 Å². The van der Waals surface area contributed by atoms with Crippen molar-refractivity contribution in [1.82, 2.24) is 14.9 Å². The van der Waals surface area contributed by atoms with Crippen molar-refractivity contribution in [2.24, 2.45) is 0 Å². The highest BCUT2D eigenvalue weighted by Crippen LogP contribution is 2.35. The van der Waals surface area contributed by atoms with Crippen molar-refractivity contribution < 1.29 is 14.3 Å². The molecular formula is C25H30N4O3. The van der Waals surface area contributed by atoms with Crippen LogP contribution in [0.3, 0.4) is 0 Å². The number of benzene rings is 2. The highest BCUT2D eigenvalue weighted by atomic mass is 16.5. The first-order chi connectivity index (χ1) is 15.5. The Bertz CT molecular complexity index is 1040. The predicted octanol–water partition coefficient (Wildman–Crippen LogP) is 4.67. The zero-order valence-electron chi connectivity index (χ0n) is 19.1. The van der Waals surface area contributed by atoms with Crippen LogP contribution in [-0.2, 0) is 0 Å². The summed E-state index contributed by atoms with van der Waals surface area (Å²) in [4.78, 5) is 24.4. The third kappa shape index (κ3) is 4.99. The molecule has 3 aromatic rings. The summed E-state index contributed by atoms with van der Waals surface area (Å²) < 4.78 is 10.6. The van der Waals surface area contributed by atoms with E-state index in [-0.39, 0.29) is 11.9 Å². The van der Waals surface area contributed by atoms with Gasteiger partial charge in [0.05, 0.1) is 19.9 Å². The Morgan fingerprint density at radius 2 is 1.34 bits per heavy atom. The van der Waals surface area contributed by atoms with Gasteiger partial charge in [-0.25, -0.2) is 9.97 Å². The summed E-state index contributed by atoms with van der Waals surface area (Å²) >= 11 is 0. The van der Waals surface area contributed by atoms with Crippen LogP contribution in [0.1, 0.15) is 37.2 Å². The standard InChI is InChI=1S/C25H30N4O3/c1-5-15-29(16-6-2)24(30)23-21(17-7-11-19(31-3)12-8-17)22(27-25(26)28-23)18-9-13-20(32-4)14-10-18/h7-14H,5-6,15-16H2,1-4H3,(H2,26,27,28). The van der Waals surface area contributed by atoms with Gasteiger partial charge in [0.1, 0.15) is 17.2 Å². The molecule has 7 heteroatoms. The van der Waals surface area contributed by atoms with Crippen LogP contribution in [0.5, 0.6) is 11.5 Å². The fraction of sp³-hybridized carbons (Fsp3) is 0.320. The molecule has 0 saturated carbocycles. The SMILES string of the molecule is CCCN(CCC)C(=O)c1nc(N)nc(-c2ccc(OC)cc2)c1-c1ccc(OC)cc1. The molecule has 1 amide bonds. The molecule has 0 aliphatic heterocycles. The van der Waals surface area contributed by atoms with E-state index in [1.807, 2.05) is 53.4 Å². The molecule has 1 aromatic heterocycles. The summed E-state index contributed by atoms with van der Waals surface area (Å²) in [5, 5.41) is 0. The fourth-order valence-corrected chi connectivity index (χ4v) is 3.63. The van der Waals surface area contributed by atoms with Crippen LogP contribution in [0.15, 0.2) is 48.5 Å². The van der Waals surface area contributed by atoms with Crippen molar-refractivity contribution in [3.63, 3.8) is 0 Å². The molecule has 32 heavy (non-hydrogen) atoms. The van der Waals surface area contributed by atoms with E-state index in [1.165, 1.54) is 0 Å². The van der Waals surface area contributed by atoms with Gasteiger partial charge in [-0.3, -0.25) is 4.79 Å². The van der Waals surface area contributed by atoms with E-state index in [1.54, 1.807) is 14.2 Å². The van der Waals surface area contributed by atoms with Crippen LogP contribution in [0.2, 0.25) is 0 Å². The Balaban J connectivity index is 2.24. The van der Waals surface area contributed by atoms with Gasteiger partial charge in [-0.15, -0.1) is 0 Å². The van der Waals surface area contributed by atoms with Crippen molar-refractivity contribution in [2.45, 2.75) is 26.7 Å². The van der Waals surface area contributed by atoms with Crippen LogP contribution in [0, 0.1) is 0 Å². The van der Waals surface area contributed by atoms with Crippen molar-refractivity contribution in [1.29, 1.82) is 0 Å². The zero-order chi connectivity index (χ0) is 23.1. The molecule has 2 aromatic carbocycles. The number of nitrogen functional groups attached to an aromatic ring is 1. The summed E-state index contributed by atoms with van der Waals surface area (Å²) in [5.41, 5.74) is 9.27. The van der Waals surface area contributed by atoms with Crippen molar-refractivity contribution in [3.05, 3.63) is 54.2 Å². The first kappa shape index (κ1) is 23.1. The van der Waals surface area contributed by atoms with Crippen molar-refractivity contribution in [2.75, 3.05) is 33.0 Å². The molecule has 168 valence electrons. The number of ether oxygens (including phenoxy) is 2. The van der Waals surface area contributed by atoms with Crippen molar-refractivity contribution >= 4 is 11.9 Å². The minimum absolute atomic E-state index is 0.0596. The topological polar surface area (TPSA) is 90.6 Å². The first-order valence-corrected chi connectivity index (χ1v) is 10.8. The van der Waals surface area contributed by atoms with E-state index in [9.17, 15) is 4.79 Å². The average molecular weight is 435 g/mol. The van der Waals surface area contributed by atoms with Gasteiger partial charge in [-0.05, 0) is 54.8 Å². The number of aromatic nitrogens is 2. The Morgan fingerprint density at radius 3 is 1.81 bits per heavy atom. The van der Waals surface area contributed by atoms with E-state index in [0.717, 1.165) is 35.5 Å². The predicted molar refractivity (Wildman–Crippen MR) is 127 cm³/mol. The van der Waals surface area contributed by atoms with Crippen LogP contribution in [0.4, 0.5) is 5.95 Å². The highest BCUT2D eigenvalue weighted by Gasteiger charge is 2.25. The summed E-state index contributed by atoms with van der Waals surface area (Å²) in [6.07, 6.45) is 1.71. The van der Waals surface area contributed by atoms with Crippen LogP contribution in [0.25, 0.3) is 22.4 Å². The zero-order valence-corrected chi connectivity index (χ0v) is 19.1. The fourth-order valence-electron chi connectivity index (χ4n) is 3.63. The number of anilines is 1. The Labute approximate surface area is 189 Å². The van der Waals surface area contributed by atoms with E-state index in [4.69, 9.17) is 15.2 Å². The average Bonchev–Trinajstić information content (AvgIpc) is 2.83. The molecule has 0 unspecified atom stereocenters. The molecule has 0 aliphatic rings. The molecule has 1 heterocycles. The maximum atomic E-state index is 13.6. The van der Waals surface area contributed by atoms with Crippen LogP contribution >= 0.6 is 0 Å². The molecule has 3 rings (SSSR count). The number of carbonyl (C=O) groups excluding carboxylic acids is 1. The lowest BCUT2D eigenvalue weighted by Gasteiger charge is -2.23. The Hall–Kier alpha value is -3.61. The van der Waals surface area contributed by atoms with Crippen molar-refractivity contribution in [3.8, 4) is 33.9 Å². The molecule has 0 spiro atoms. The number of nitrogens with zero attached hydrogens (tertiary/aromatic N) is 3. The van der Waals surface area contributed by atoms with Gasteiger partial charge in [0.2, 0.25) is 5.95 Å². The summed E-state index contributed by atoms with van der Waals surface area (Å²) in [6.45, 7) is 5.40. The molecule has 0 bridgehead atoms.